The van der Waals surface area contributed by atoms with E-state index in [4.69, 9.17) is 5.26 Å². The minimum atomic E-state index is -4.89. The average Bonchev–Trinajstić information content (AvgIpc) is 2.84. The molecule has 1 aromatic carbocycles. The second-order valence-corrected chi connectivity index (χ2v) is 4.81. The Kier molecular flexibility index (Phi) is 3.95. The molecule has 8 heteroatoms. The van der Waals surface area contributed by atoms with Crippen LogP contribution in [0.5, 0.6) is 0 Å². The fourth-order valence-corrected chi connectivity index (χ4v) is 2.32. The molecule has 1 heterocycles. The number of carbonyl (C=O) groups is 1. The smallest absolute Gasteiger partial charge is 0.312 e. The molecule has 1 N–H and O–H groups in total. The van der Waals surface area contributed by atoms with Crippen molar-refractivity contribution in [3.05, 3.63) is 52.2 Å². The first kappa shape index (κ1) is 15.0. The molecule has 1 aromatic heterocycles. The molecule has 0 radical (unpaired) electrons. The number of nitriles is 1. The number of halogens is 4. The molecule has 21 heavy (non-hydrogen) atoms. The van der Waals surface area contributed by atoms with Crippen LogP contribution in [-0.4, -0.2) is 5.91 Å². The van der Waals surface area contributed by atoms with Gasteiger partial charge in [0.15, 0.2) is 0 Å². The fraction of sp³-hybridized carbons (Fsp3) is 0.0769. The molecular weight excluding hydrogens is 308 g/mol. The quantitative estimate of drug-likeness (QED) is 0.851. The summed E-state index contributed by atoms with van der Waals surface area (Å²) in [6.07, 6.45) is -4.89. The summed E-state index contributed by atoms with van der Waals surface area (Å²) in [7, 11) is 0. The van der Waals surface area contributed by atoms with Crippen LogP contribution in [0.25, 0.3) is 0 Å². The van der Waals surface area contributed by atoms with Crippen LogP contribution in [0.15, 0.2) is 29.6 Å². The topological polar surface area (TPSA) is 52.9 Å². The van der Waals surface area contributed by atoms with Gasteiger partial charge < -0.3 is 5.32 Å². The van der Waals surface area contributed by atoms with Crippen LogP contribution in [0.1, 0.15) is 21.5 Å². The maximum Gasteiger partial charge on any atom is 0.419 e. The van der Waals surface area contributed by atoms with Crippen LogP contribution in [0.2, 0.25) is 0 Å². The number of alkyl halides is 3. The van der Waals surface area contributed by atoms with Crippen molar-refractivity contribution in [3.63, 3.8) is 0 Å². The minimum absolute atomic E-state index is 0.152. The maximum atomic E-state index is 13.8. The first-order valence-electron chi connectivity index (χ1n) is 5.49. The lowest BCUT2D eigenvalue weighted by atomic mass is 10.1. The summed E-state index contributed by atoms with van der Waals surface area (Å²) in [5.41, 5.74) is -2.09. The second kappa shape index (κ2) is 5.54. The van der Waals surface area contributed by atoms with Crippen molar-refractivity contribution in [2.45, 2.75) is 6.18 Å². The Hall–Kier alpha value is -2.40. The van der Waals surface area contributed by atoms with Crippen molar-refractivity contribution in [3.8, 4) is 6.07 Å². The highest BCUT2D eigenvalue weighted by molar-refractivity contribution is 7.14. The van der Waals surface area contributed by atoms with Crippen molar-refractivity contribution in [1.82, 2.24) is 0 Å². The first-order chi connectivity index (χ1) is 9.84. The van der Waals surface area contributed by atoms with Crippen molar-refractivity contribution in [2.75, 3.05) is 5.32 Å². The zero-order valence-electron chi connectivity index (χ0n) is 10.2. The number of amides is 1. The van der Waals surface area contributed by atoms with Gasteiger partial charge in [-0.05, 0) is 23.6 Å². The molecule has 0 saturated carbocycles. The first-order valence-corrected chi connectivity index (χ1v) is 6.37. The van der Waals surface area contributed by atoms with Crippen LogP contribution in [0.4, 0.5) is 22.6 Å². The Morgan fingerprint density at radius 1 is 1.29 bits per heavy atom. The van der Waals surface area contributed by atoms with E-state index < -0.39 is 29.0 Å². The zero-order valence-corrected chi connectivity index (χ0v) is 11.0. The normalized spacial score (nSPS) is 11.0. The third-order valence-corrected chi connectivity index (χ3v) is 3.39. The summed E-state index contributed by atoms with van der Waals surface area (Å²) in [5, 5.41) is 12.7. The Labute approximate surface area is 120 Å². The van der Waals surface area contributed by atoms with E-state index in [9.17, 15) is 22.4 Å². The van der Waals surface area contributed by atoms with Gasteiger partial charge in [-0.1, -0.05) is 6.07 Å². The van der Waals surface area contributed by atoms with E-state index in [1.807, 2.05) is 0 Å². The highest BCUT2D eigenvalue weighted by Crippen LogP contribution is 2.32. The monoisotopic (exact) mass is 314 g/mol. The van der Waals surface area contributed by atoms with Crippen LogP contribution in [0.3, 0.4) is 0 Å². The number of anilines is 1. The van der Waals surface area contributed by atoms with Crippen molar-refractivity contribution in [1.29, 1.82) is 5.26 Å². The number of hydrogen-bond acceptors (Lipinski definition) is 3. The molecule has 1 amide bonds. The lowest BCUT2D eigenvalue weighted by Crippen LogP contribution is -2.17. The Morgan fingerprint density at radius 2 is 2.00 bits per heavy atom. The van der Waals surface area contributed by atoms with Gasteiger partial charge in [-0.15, -0.1) is 11.3 Å². The van der Waals surface area contributed by atoms with Gasteiger partial charge in [-0.2, -0.15) is 18.4 Å². The SMILES string of the molecule is N#Cc1ccsc1NC(=O)c1cccc(C(F)(F)F)c1F. The molecule has 0 spiro atoms. The lowest BCUT2D eigenvalue weighted by Gasteiger charge is -2.11. The Bertz CT molecular complexity index is 731. The summed E-state index contributed by atoms with van der Waals surface area (Å²) >= 11 is 1.01. The number of thiophene rings is 1. The minimum Gasteiger partial charge on any atom is -0.312 e. The number of carbonyl (C=O) groups excluding carboxylic acids is 1. The average molecular weight is 314 g/mol. The molecule has 2 aromatic rings. The highest BCUT2D eigenvalue weighted by Gasteiger charge is 2.35. The maximum absolute atomic E-state index is 13.8. The second-order valence-electron chi connectivity index (χ2n) is 3.89. The van der Waals surface area contributed by atoms with E-state index in [-0.39, 0.29) is 10.6 Å². The predicted octanol–water partition coefficient (Wildman–Crippen LogP) is 4.03. The summed E-state index contributed by atoms with van der Waals surface area (Å²) in [4.78, 5) is 11.9. The largest absolute Gasteiger partial charge is 0.419 e. The summed E-state index contributed by atoms with van der Waals surface area (Å²) in [6.45, 7) is 0. The van der Waals surface area contributed by atoms with Crippen molar-refractivity contribution in [2.24, 2.45) is 0 Å². The molecule has 0 atom stereocenters. The summed E-state index contributed by atoms with van der Waals surface area (Å²) < 4.78 is 51.5. The van der Waals surface area contributed by atoms with Gasteiger partial charge in [0.05, 0.1) is 16.7 Å². The molecular formula is C13H6F4N2OS. The summed E-state index contributed by atoms with van der Waals surface area (Å²) in [5.74, 6) is -2.69. The standard InChI is InChI=1S/C13H6F4N2OS/c14-10-8(2-1-3-9(10)13(15,16)17)11(20)19-12-7(6-18)4-5-21-12/h1-5H,(H,19,20). The van der Waals surface area contributed by atoms with Crippen LogP contribution in [0, 0.1) is 17.1 Å². The molecule has 3 nitrogen and oxygen atoms in total. The molecule has 0 aliphatic rings. The lowest BCUT2D eigenvalue weighted by molar-refractivity contribution is -0.140. The number of nitrogens with one attached hydrogen (secondary N) is 1. The van der Waals surface area contributed by atoms with Crippen LogP contribution < -0.4 is 5.32 Å². The van der Waals surface area contributed by atoms with Crippen molar-refractivity contribution >= 4 is 22.2 Å². The zero-order chi connectivity index (χ0) is 15.6. The van der Waals surface area contributed by atoms with E-state index >= 15 is 0 Å². The number of nitrogens with zero attached hydrogens (tertiary/aromatic N) is 1. The van der Waals surface area contributed by atoms with E-state index in [2.05, 4.69) is 5.32 Å². The summed E-state index contributed by atoms with van der Waals surface area (Å²) in [6, 6.07) is 5.68. The third kappa shape index (κ3) is 3.03. The third-order valence-electron chi connectivity index (χ3n) is 2.56. The molecule has 0 unspecified atom stereocenters. The predicted molar refractivity (Wildman–Crippen MR) is 68.4 cm³/mol. The van der Waals surface area contributed by atoms with Crippen LogP contribution >= 0.6 is 11.3 Å². The number of benzene rings is 1. The van der Waals surface area contributed by atoms with Gasteiger partial charge in [-0.25, -0.2) is 4.39 Å². The van der Waals surface area contributed by atoms with Gasteiger partial charge in [0.25, 0.3) is 5.91 Å². The Morgan fingerprint density at radius 3 is 2.62 bits per heavy atom. The van der Waals surface area contributed by atoms with Crippen molar-refractivity contribution < 1.29 is 22.4 Å². The molecule has 108 valence electrons. The van der Waals surface area contributed by atoms with Gasteiger partial charge in [0, 0.05) is 0 Å². The number of rotatable bonds is 2. The van der Waals surface area contributed by atoms with E-state index in [1.165, 1.54) is 11.4 Å². The fourth-order valence-electron chi connectivity index (χ4n) is 1.59. The highest BCUT2D eigenvalue weighted by atomic mass is 32.1. The number of hydrogen-bond donors (Lipinski definition) is 1. The van der Waals surface area contributed by atoms with E-state index in [0.29, 0.717) is 6.07 Å². The van der Waals surface area contributed by atoms with Crippen LogP contribution in [-0.2, 0) is 6.18 Å². The Balaban J connectivity index is 2.35. The van der Waals surface area contributed by atoms with Gasteiger partial charge in [-0.3, -0.25) is 4.79 Å². The molecule has 0 aliphatic heterocycles. The molecule has 2 rings (SSSR count). The molecule has 0 saturated heterocycles. The van der Waals surface area contributed by atoms with Gasteiger partial charge in [0.2, 0.25) is 0 Å². The van der Waals surface area contributed by atoms with E-state index in [0.717, 1.165) is 23.5 Å². The molecule has 0 fully saturated rings. The molecule has 0 bridgehead atoms. The molecule has 0 aliphatic carbocycles. The van der Waals surface area contributed by atoms with Gasteiger partial charge >= 0.3 is 6.18 Å². The van der Waals surface area contributed by atoms with Gasteiger partial charge in [0.1, 0.15) is 16.9 Å². The van der Waals surface area contributed by atoms with E-state index in [1.54, 1.807) is 6.07 Å².